The minimum atomic E-state index is -0.390. The summed E-state index contributed by atoms with van der Waals surface area (Å²) < 4.78 is 14.0. The Kier molecular flexibility index (Phi) is 6.48. The van der Waals surface area contributed by atoms with E-state index in [2.05, 4.69) is 15.2 Å². The van der Waals surface area contributed by atoms with Gasteiger partial charge in [-0.25, -0.2) is 4.39 Å². The fourth-order valence-corrected chi connectivity index (χ4v) is 4.50. The molecule has 3 heterocycles. The van der Waals surface area contributed by atoms with Gasteiger partial charge in [0.05, 0.1) is 11.7 Å². The number of nitrogens with one attached hydrogen (secondary N) is 2. The number of anilines is 1. The van der Waals surface area contributed by atoms with Gasteiger partial charge in [0, 0.05) is 43.3 Å². The molecule has 1 fully saturated rings. The lowest BCUT2D eigenvalue weighted by Crippen LogP contribution is -2.46. The van der Waals surface area contributed by atoms with Crippen LogP contribution in [0.2, 0.25) is 0 Å². The SMILES string of the molecule is CC(NC(=O)c1ccc(CN2CCN(c3ccccc3F)CC2)[nH]c1=O)c1cccs1. The molecule has 1 atom stereocenters. The van der Waals surface area contributed by atoms with Crippen LogP contribution in [0.15, 0.2) is 58.7 Å². The lowest BCUT2D eigenvalue weighted by molar-refractivity contribution is 0.0939. The number of benzene rings is 1. The Morgan fingerprint density at radius 1 is 1.13 bits per heavy atom. The van der Waals surface area contributed by atoms with Gasteiger partial charge < -0.3 is 15.2 Å². The second-order valence-corrected chi connectivity index (χ2v) is 8.63. The average molecular weight is 441 g/mol. The van der Waals surface area contributed by atoms with Crippen molar-refractivity contribution < 1.29 is 9.18 Å². The summed E-state index contributed by atoms with van der Waals surface area (Å²) in [5, 5.41) is 4.82. The van der Waals surface area contributed by atoms with Gasteiger partial charge in [0.15, 0.2) is 0 Å². The number of aromatic nitrogens is 1. The van der Waals surface area contributed by atoms with E-state index in [1.807, 2.05) is 35.4 Å². The molecule has 1 aromatic carbocycles. The molecule has 0 bridgehead atoms. The van der Waals surface area contributed by atoms with Gasteiger partial charge in [-0.1, -0.05) is 18.2 Å². The number of carbonyl (C=O) groups is 1. The summed E-state index contributed by atoms with van der Waals surface area (Å²) in [5.74, 6) is -0.588. The molecular weight excluding hydrogens is 415 g/mol. The van der Waals surface area contributed by atoms with E-state index in [4.69, 9.17) is 0 Å². The smallest absolute Gasteiger partial charge is 0.261 e. The monoisotopic (exact) mass is 440 g/mol. The van der Waals surface area contributed by atoms with Crippen LogP contribution in [0.3, 0.4) is 0 Å². The van der Waals surface area contributed by atoms with Crippen molar-refractivity contribution in [3.63, 3.8) is 0 Å². The summed E-state index contributed by atoms with van der Waals surface area (Å²) in [7, 11) is 0. The van der Waals surface area contributed by atoms with Gasteiger partial charge in [0.2, 0.25) is 0 Å². The van der Waals surface area contributed by atoms with Crippen LogP contribution in [-0.4, -0.2) is 42.0 Å². The number of piperazine rings is 1. The van der Waals surface area contributed by atoms with E-state index >= 15 is 0 Å². The van der Waals surface area contributed by atoms with E-state index in [1.54, 1.807) is 35.6 Å². The number of carbonyl (C=O) groups excluding carboxylic acids is 1. The van der Waals surface area contributed by atoms with Crippen molar-refractivity contribution in [1.29, 1.82) is 0 Å². The standard InChI is InChI=1S/C23H25FN4O2S/c1-16(21-7-4-14-31-21)25-22(29)18-9-8-17(26-23(18)30)15-27-10-12-28(13-11-27)20-6-3-2-5-19(20)24/h2-9,14,16H,10-13,15H2,1H3,(H,25,29)(H,26,30). The third-order valence-electron chi connectivity index (χ3n) is 5.49. The summed E-state index contributed by atoms with van der Waals surface area (Å²) in [4.78, 5) is 33.1. The van der Waals surface area contributed by atoms with Gasteiger partial charge in [0.25, 0.3) is 11.5 Å². The zero-order valence-electron chi connectivity index (χ0n) is 17.3. The number of hydrogen-bond donors (Lipinski definition) is 2. The molecule has 4 rings (SSSR count). The minimum absolute atomic E-state index is 0.108. The highest BCUT2D eigenvalue weighted by Crippen LogP contribution is 2.21. The molecule has 2 aromatic heterocycles. The predicted octanol–water partition coefficient (Wildman–Crippen LogP) is 3.39. The average Bonchev–Trinajstić information content (AvgIpc) is 3.30. The van der Waals surface area contributed by atoms with Crippen molar-refractivity contribution in [2.45, 2.75) is 19.5 Å². The molecule has 6 nitrogen and oxygen atoms in total. The van der Waals surface area contributed by atoms with E-state index in [0.29, 0.717) is 25.3 Å². The van der Waals surface area contributed by atoms with Crippen LogP contribution in [-0.2, 0) is 6.54 Å². The Hall–Kier alpha value is -2.97. The van der Waals surface area contributed by atoms with Crippen molar-refractivity contribution >= 4 is 22.9 Å². The van der Waals surface area contributed by atoms with Crippen LogP contribution in [0.4, 0.5) is 10.1 Å². The Labute approximate surface area is 184 Å². The van der Waals surface area contributed by atoms with E-state index in [0.717, 1.165) is 23.7 Å². The molecule has 0 saturated carbocycles. The van der Waals surface area contributed by atoms with Gasteiger partial charge in [-0.05, 0) is 42.6 Å². The van der Waals surface area contributed by atoms with Gasteiger partial charge >= 0.3 is 0 Å². The summed E-state index contributed by atoms with van der Waals surface area (Å²) >= 11 is 1.56. The topological polar surface area (TPSA) is 68.4 Å². The first-order chi connectivity index (χ1) is 15.0. The van der Waals surface area contributed by atoms with Crippen molar-refractivity contribution in [2.75, 3.05) is 31.1 Å². The second-order valence-electron chi connectivity index (χ2n) is 7.65. The third kappa shape index (κ3) is 5.03. The molecule has 0 radical (unpaired) electrons. The van der Waals surface area contributed by atoms with Crippen molar-refractivity contribution in [3.05, 3.63) is 86.2 Å². The number of halogens is 1. The summed E-state index contributed by atoms with van der Waals surface area (Å²) in [6.45, 7) is 5.42. The molecule has 8 heteroatoms. The fraction of sp³-hybridized carbons (Fsp3) is 0.304. The summed E-state index contributed by atoms with van der Waals surface area (Å²) in [5.41, 5.74) is 1.10. The van der Waals surface area contributed by atoms with Crippen LogP contribution in [0.25, 0.3) is 0 Å². The highest BCUT2D eigenvalue weighted by atomic mass is 32.1. The molecule has 0 spiro atoms. The minimum Gasteiger partial charge on any atom is -0.367 e. The quantitative estimate of drug-likeness (QED) is 0.617. The second kappa shape index (κ2) is 9.45. The first-order valence-corrected chi connectivity index (χ1v) is 11.2. The number of amides is 1. The van der Waals surface area contributed by atoms with Crippen molar-refractivity contribution in [3.8, 4) is 0 Å². The molecule has 1 aliphatic rings. The number of aromatic amines is 1. The number of nitrogens with zero attached hydrogens (tertiary/aromatic N) is 2. The first-order valence-electron chi connectivity index (χ1n) is 10.3. The predicted molar refractivity (Wildman–Crippen MR) is 121 cm³/mol. The molecule has 2 N–H and O–H groups in total. The molecule has 0 aliphatic carbocycles. The summed E-state index contributed by atoms with van der Waals surface area (Å²) in [6, 6.07) is 13.9. The Balaban J connectivity index is 1.34. The van der Waals surface area contributed by atoms with E-state index < -0.39 is 5.56 Å². The lowest BCUT2D eigenvalue weighted by atomic mass is 10.2. The Bertz CT molecular complexity index is 1090. The zero-order chi connectivity index (χ0) is 21.8. The maximum atomic E-state index is 14.0. The van der Waals surface area contributed by atoms with Gasteiger partial charge in [-0.15, -0.1) is 11.3 Å². The number of hydrogen-bond acceptors (Lipinski definition) is 5. The number of pyridine rings is 1. The Morgan fingerprint density at radius 2 is 1.90 bits per heavy atom. The third-order valence-corrected chi connectivity index (χ3v) is 6.55. The molecule has 1 amide bonds. The van der Waals surface area contributed by atoms with Gasteiger partial charge in [0.1, 0.15) is 11.4 Å². The molecule has 162 valence electrons. The lowest BCUT2D eigenvalue weighted by Gasteiger charge is -2.36. The molecule has 1 aliphatic heterocycles. The highest BCUT2D eigenvalue weighted by molar-refractivity contribution is 7.10. The van der Waals surface area contributed by atoms with Crippen LogP contribution >= 0.6 is 11.3 Å². The largest absolute Gasteiger partial charge is 0.367 e. The molecular formula is C23H25FN4O2S. The van der Waals surface area contributed by atoms with Crippen molar-refractivity contribution in [1.82, 2.24) is 15.2 Å². The maximum Gasteiger partial charge on any atom is 0.261 e. The number of H-pyrrole nitrogens is 1. The zero-order valence-corrected chi connectivity index (χ0v) is 18.1. The molecule has 31 heavy (non-hydrogen) atoms. The van der Waals surface area contributed by atoms with Gasteiger partial charge in [-0.3, -0.25) is 14.5 Å². The highest BCUT2D eigenvalue weighted by Gasteiger charge is 2.20. The normalized spacial score (nSPS) is 15.6. The fourth-order valence-electron chi connectivity index (χ4n) is 3.76. The van der Waals surface area contributed by atoms with Crippen LogP contribution in [0.1, 0.15) is 33.9 Å². The van der Waals surface area contributed by atoms with Crippen LogP contribution in [0.5, 0.6) is 0 Å². The number of thiophene rings is 1. The van der Waals surface area contributed by atoms with Crippen LogP contribution in [0, 0.1) is 5.82 Å². The van der Waals surface area contributed by atoms with Gasteiger partial charge in [-0.2, -0.15) is 0 Å². The van der Waals surface area contributed by atoms with E-state index in [-0.39, 0.29) is 23.3 Å². The number of rotatable bonds is 6. The molecule has 1 unspecified atom stereocenters. The molecule has 3 aromatic rings. The van der Waals surface area contributed by atoms with Crippen molar-refractivity contribution in [2.24, 2.45) is 0 Å². The number of para-hydroxylation sites is 1. The van der Waals surface area contributed by atoms with E-state index in [9.17, 15) is 14.0 Å². The maximum absolute atomic E-state index is 14.0. The van der Waals surface area contributed by atoms with Crippen LogP contribution < -0.4 is 15.8 Å². The van der Waals surface area contributed by atoms with E-state index in [1.165, 1.54) is 6.07 Å². The summed E-state index contributed by atoms with van der Waals surface area (Å²) in [6.07, 6.45) is 0. The molecule has 1 saturated heterocycles. The Morgan fingerprint density at radius 3 is 2.58 bits per heavy atom. The first kappa shape index (κ1) is 21.3.